The maximum Gasteiger partial charge on any atom is 0.410 e. The molecule has 2 amide bonds. The molecule has 0 aliphatic heterocycles. The standard InChI is InChI=1S/C24H36N4O5S/c1-14(2)26-22-19(20(29)25-13-16-10-11-17(31-8)12-18(16)32-9)27-21(34-22)15(3)28(7)23(30)33-24(4,5)6/h10-12,14-15,26H,13H2,1-9H3,(H,25,29)/t15-/m1/s1. The molecule has 0 unspecified atom stereocenters. The molecule has 1 aromatic heterocycles. The van der Waals surface area contributed by atoms with Crippen molar-refractivity contribution in [3.05, 3.63) is 34.5 Å². The second kappa shape index (κ2) is 11.4. The van der Waals surface area contributed by atoms with E-state index in [1.54, 1.807) is 27.3 Å². The van der Waals surface area contributed by atoms with Crippen LogP contribution >= 0.6 is 11.3 Å². The molecule has 34 heavy (non-hydrogen) atoms. The highest BCUT2D eigenvalue weighted by Crippen LogP contribution is 2.32. The van der Waals surface area contributed by atoms with Gasteiger partial charge in [0.1, 0.15) is 27.1 Å². The lowest BCUT2D eigenvalue weighted by atomic mass is 10.2. The number of aromatic nitrogens is 1. The van der Waals surface area contributed by atoms with E-state index in [4.69, 9.17) is 14.2 Å². The summed E-state index contributed by atoms with van der Waals surface area (Å²) >= 11 is 1.35. The van der Waals surface area contributed by atoms with Gasteiger partial charge in [-0.05, 0) is 53.7 Å². The van der Waals surface area contributed by atoms with Crippen molar-refractivity contribution in [3.63, 3.8) is 0 Å². The van der Waals surface area contributed by atoms with E-state index in [9.17, 15) is 9.59 Å². The second-order valence-corrected chi connectivity index (χ2v) is 10.2. The Bertz CT molecular complexity index is 1000. The summed E-state index contributed by atoms with van der Waals surface area (Å²) in [4.78, 5) is 31.7. The Morgan fingerprint density at radius 2 is 1.82 bits per heavy atom. The van der Waals surface area contributed by atoms with E-state index in [1.807, 2.05) is 53.7 Å². The summed E-state index contributed by atoms with van der Waals surface area (Å²) in [5, 5.41) is 7.48. The first-order valence-corrected chi connectivity index (χ1v) is 11.9. The van der Waals surface area contributed by atoms with E-state index in [0.29, 0.717) is 21.5 Å². The van der Waals surface area contributed by atoms with Crippen LogP contribution in [0.1, 0.15) is 68.6 Å². The van der Waals surface area contributed by atoms with Crippen molar-refractivity contribution >= 4 is 28.3 Å². The SMILES string of the molecule is COc1ccc(CNC(=O)c2nc([C@@H](C)N(C)C(=O)OC(C)(C)C)sc2NC(C)C)c(OC)c1. The third-order valence-electron chi connectivity index (χ3n) is 4.83. The number of carbonyl (C=O) groups excluding carboxylic acids is 2. The number of rotatable bonds is 9. The van der Waals surface area contributed by atoms with E-state index < -0.39 is 11.7 Å². The van der Waals surface area contributed by atoms with Crippen LogP contribution in [-0.4, -0.2) is 54.8 Å². The van der Waals surface area contributed by atoms with Crippen molar-refractivity contribution in [2.75, 3.05) is 26.6 Å². The smallest absolute Gasteiger partial charge is 0.410 e. The van der Waals surface area contributed by atoms with Crippen LogP contribution < -0.4 is 20.1 Å². The van der Waals surface area contributed by atoms with Crippen molar-refractivity contribution < 1.29 is 23.8 Å². The summed E-state index contributed by atoms with van der Waals surface area (Å²) in [7, 11) is 4.81. The third kappa shape index (κ3) is 7.24. The number of thiazole rings is 1. The Morgan fingerprint density at radius 1 is 1.15 bits per heavy atom. The first-order chi connectivity index (χ1) is 15.9. The van der Waals surface area contributed by atoms with Gasteiger partial charge in [0.2, 0.25) is 0 Å². The van der Waals surface area contributed by atoms with Crippen LogP contribution in [0.15, 0.2) is 18.2 Å². The molecule has 2 aromatic rings. The Balaban J connectivity index is 2.24. The molecule has 0 spiro atoms. The fourth-order valence-corrected chi connectivity index (χ4v) is 4.15. The molecule has 0 fully saturated rings. The molecular weight excluding hydrogens is 456 g/mol. The molecule has 0 saturated carbocycles. The molecular formula is C24H36N4O5S. The van der Waals surface area contributed by atoms with E-state index in [2.05, 4.69) is 15.6 Å². The number of amides is 2. The quantitative estimate of drug-likeness (QED) is 0.516. The van der Waals surface area contributed by atoms with Gasteiger partial charge in [-0.15, -0.1) is 0 Å². The molecule has 1 atom stereocenters. The van der Waals surface area contributed by atoms with Gasteiger partial charge in [0.15, 0.2) is 5.69 Å². The number of benzene rings is 1. The number of nitrogens with one attached hydrogen (secondary N) is 2. The van der Waals surface area contributed by atoms with Crippen molar-refractivity contribution in [3.8, 4) is 11.5 Å². The summed E-state index contributed by atoms with van der Waals surface area (Å²) in [6.45, 7) is 11.5. The average Bonchev–Trinajstić information content (AvgIpc) is 3.18. The topological polar surface area (TPSA) is 102 Å². The van der Waals surface area contributed by atoms with Crippen LogP contribution in [0.2, 0.25) is 0 Å². The fraction of sp³-hybridized carbons (Fsp3) is 0.542. The van der Waals surface area contributed by atoms with Crippen LogP contribution in [0, 0.1) is 0 Å². The maximum absolute atomic E-state index is 13.1. The molecule has 0 saturated heterocycles. The zero-order valence-electron chi connectivity index (χ0n) is 21.4. The number of methoxy groups -OCH3 is 2. The highest BCUT2D eigenvalue weighted by Gasteiger charge is 2.28. The van der Waals surface area contributed by atoms with E-state index in [-0.39, 0.29) is 30.2 Å². The second-order valence-electron chi connectivity index (χ2n) is 9.16. The summed E-state index contributed by atoms with van der Waals surface area (Å²) < 4.78 is 16.1. The van der Waals surface area contributed by atoms with E-state index in [1.165, 1.54) is 16.2 Å². The number of anilines is 1. The molecule has 2 rings (SSSR count). The zero-order valence-corrected chi connectivity index (χ0v) is 22.3. The van der Waals surface area contributed by atoms with Gasteiger partial charge >= 0.3 is 6.09 Å². The van der Waals surface area contributed by atoms with Gasteiger partial charge in [-0.1, -0.05) is 11.3 Å². The van der Waals surface area contributed by atoms with Crippen molar-refractivity contribution in [2.24, 2.45) is 0 Å². The molecule has 0 aliphatic rings. The van der Waals surface area contributed by atoms with Gasteiger partial charge in [-0.3, -0.25) is 4.79 Å². The Labute approximate surface area is 205 Å². The van der Waals surface area contributed by atoms with E-state index >= 15 is 0 Å². The monoisotopic (exact) mass is 492 g/mol. The summed E-state index contributed by atoms with van der Waals surface area (Å²) in [5.41, 5.74) is 0.486. The van der Waals surface area contributed by atoms with Crippen molar-refractivity contribution in [1.29, 1.82) is 0 Å². The third-order valence-corrected chi connectivity index (χ3v) is 5.99. The highest BCUT2D eigenvalue weighted by molar-refractivity contribution is 7.16. The van der Waals surface area contributed by atoms with Crippen LogP contribution in [0.4, 0.5) is 9.80 Å². The number of ether oxygens (including phenoxy) is 3. The zero-order chi connectivity index (χ0) is 25.6. The molecule has 1 aromatic carbocycles. The van der Waals surface area contributed by atoms with Crippen LogP contribution in [0.25, 0.3) is 0 Å². The minimum atomic E-state index is -0.605. The minimum Gasteiger partial charge on any atom is -0.497 e. The lowest BCUT2D eigenvalue weighted by molar-refractivity contribution is 0.0233. The number of hydrogen-bond acceptors (Lipinski definition) is 8. The Morgan fingerprint density at radius 3 is 2.38 bits per heavy atom. The molecule has 2 N–H and O–H groups in total. The predicted octanol–water partition coefficient (Wildman–Crippen LogP) is 4.84. The Hall–Kier alpha value is -3.01. The van der Waals surface area contributed by atoms with Crippen LogP contribution in [0.5, 0.6) is 11.5 Å². The predicted molar refractivity (Wildman–Crippen MR) is 134 cm³/mol. The van der Waals surface area contributed by atoms with Crippen LogP contribution in [-0.2, 0) is 11.3 Å². The number of hydrogen-bond donors (Lipinski definition) is 2. The van der Waals surface area contributed by atoms with Gasteiger partial charge in [-0.25, -0.2) is 9.78 Å². The largest absolute Gasteiger partial charge is 0.497 e. The Kier molecular flexibility index (Phi) is 9.14. The molecule has 0 aliphatic carbocycles. The molecule has 0 radical (unpaired) electrons. The van der Waals surface area contributed by atoms with Crippen molar-refractivity contribution in [2.45, 2.75) is 65.8 Å². The lowest BCUT2D eigenvalue weighted by Gasteiger charge is -2.27. The highest BCUT2D eigenvalue weighted by atomic mass is 32.1. The number of nitrogens with zero attached hydrogens (tertiary/aromatic N) is 2. The lowest BCUT2D eigenvalue weighted by Crippen LogP contribution is -2.35. The summed E-state index contributed by atoms with van der Waals surface area (Å²) in [6, 6.07) is 5.14. The number of carbonyl (C=O) groups is 2. The minimum absolute atomic E-state index is 0.0976. The van der Waals surface area contributed by atoms with Gasteiger partial charge in [0.25, 0.3) is 5.91 Å². The molecule has 188 valence electrons. The summed E-state index contributed by atoms with van der Waals surface area (Å²) in [6.07, 6.45) is -0.453. The van der Waals surface area contributed by atoms with Gasteiger partial charge in [-0.2, -0.15) is 0 Å². The van der Waals surface area contributed by atoms with E-state index in [0.717, 1.165) is 5.56 Å². The first-order valence-electron chi connectivity index (χ1n) is 11.1. The maximum atomic E-state index is 13.1. The molecule has 0 bridgehead atoms. The average molecular weight is 493 g/mol. The van der Waals surface area contributed by atoms with Crippen LogP contribution in [0.3, 0.4) is 0 Å². The molecule has 1 heterocycles. The van der Waals surface area contributed by atoms with Gasteiger partial charge < -0.3 is 29.7 Å². The molecule has 10 heteroatoms. The van der Waals surface area contributed by atoms with Crippen molar-refractivity contribution in [1.82, 2.24) is 15.2 Å². The first kappa shape index (κ1) is 27.2. The van der Waals surface area contributed by atoms with Gasteiger partial charge in [0, 0.05) is 31.3 Å². The summed E-state index contributed by atoms with van der Waals surface area (Å²) in [5.74, 6) is 0.963. The van der Waals surface area contributed by atoms with Gasteiger partial charge in [0.05, 0.1) is 20.3 Å². The fourth-order valence-electron chi connectivity index (χ4n) is 2.94. The molecule has 9 nitrogen and oxygen atoms in total. The normalized spacial score (nSPS) is 12.2.